The summed E-state index contributed by atoms with van der Waals surface area (Å²) in [5, 5.41) is 0. The standard InChI is InChI=1S/C12H22O5/c1-7-14-8-10(15-11(13)9(2)3)16-17-12(4,5)6/h10H,2,7-8H2,1,3-6H3. The lowest BCUT2D eigenvalue weighted by Gasteiger charge is -2.23. The minimum Gasteiger partial charge on any atom is -0.427 e. The van der Waals surface area contributed by atoms with E-state index < -0.39 is 17.9 Å². The highest BCUT2D eigenvalue weighted by Crippen LogP contribution is 2.11. The van der Waals surface area contributed by atoms with Gasteiger partial charge in [0.1, 0.15) is 6.61 Å². The highest BCUT2D eigenvalue weighted by Gasteiger charge is 2.20. The Morgan fingerprint density at radius 3 is 2.35 bits per heavy atom. The first kappa shape index (κ1) is 16.1. The molecule has 17 heavy (non-hydrogen) atoms. The van der Waals surface area contributed by atoms with Crippen molar-refractivity contribution in [3.8, 4) is 0 Å². The summed E-state index contributed by atoms with van der Waals surface area (Å²) in [5.74, 6) is -0.535. The largest absolute Gasteiger partial charge is 0.427 e. The topological polar surface area (TPSA) is 54.0 Å². The maximum Gasteiger partial charge on any atom is 0.335 e. The third-order valence-electron chi connectivity index (χ3n) is 1.45. The summed E-state index contributed by atoms with van der Waals surface area (Å²) in [4.78, 5) is 21.4. The van der Waals surface area contributed by atoms with E-state index in [9.17, 15) is 4.79 Å². The number of esters is 1. The second-order valence-electron chi connectivity index (χ2n) is 4.57. The van der Waals surface area contributed by atoms with Crippen LogP contribution in [0.3, 0.4) is 0 Å². The quantitative estimate of drug-likeness (QED) is 0.227. The van der Waals surface area contributed by atoms with Gasteiger partial charge in [0.2, 0.25) is 0 Å². The van der Waals surface area contributed by atoms with Crippen molar-refractivity contribution in [2.24, 2.45) is 0 Å². The van der Waals surface area contributed by atoms with Gasteiger partial charge in [-0.15, -0.1) is 0 Å². The zero-order valence-electron chi connectivity index (χ0n) is 11.2. The number of hydrogen-bond donors (Lipinski definition) is 0. The Morgan fingerprint density at radius 2 is 1.94 bits per heavy atom. The molecule has 0 bridgehead atoms. The van der Waals surface area contributed by atoms with Gasteiger partial charge in [-0.25, -0.2) is 9.68 Å². The molecule has 5 heteroatoms. The van der Waals surface area contributed by atoms with Crippen LogP contribution in [0.4, 0.5) is 0 Å². The van der Waals surface area contributed by atoms with Crippen LogP contribution in [-0.4, -0.2) is 31.1 Å². The van der Waals surface area contributed by atoms with Crippen LogP contribution in [0.5, 0.6) is 0 Å². The number of carbonyl (C=O) groups excluding carboxylic acids is 1. The van der Waals surface area contributed by atoms with E-state index in [1.807, 2.05) is 27.7 Å². The molecule has 1 unspecified atom stereocenters. The lowest BCUT2D eigenvalue weighted by Crippen LogP contribution is -2.31. The Kier molecular flexibility index (Phi) is 7.03. The molecule has 100 valence electrons. The molecule has 0 aliphatic rings. The van der Waals surface area contributed by atoms with E-state index in [-0.39, 0.29) is 6.61 Å². The average molecular weight is 246 g/mol. The van der Waals surface area contributed by atoms with Gasteiger partial charge in [0.05, 0.1) is 5.60 Å². The Morgan fingerprint density at radius 1 is 1.35 bits per heavy atom. The van der Waals surface area contributed by atoms with Crippen LogP contribution in [0.15, 0.2) is 12.2 Å². The minimum absolute atomic E-state index is 0.117. The molecule has 0 aromatic heterocycles. The maximum atomic E-state index is 11.3. The number of carbonyl (C=O) groups is 1. The fourth-order valence-corrected chi connectivity index (χ4v) is 0.713. The van der Waals surface area contributed by atoms with Crippen molar-refractivity contribution in [2.75, 3.05) is 13.2 Å². The summed E-state index contributed by atoms with van der Waals surface area (Å²) in [5.41, 5.74) is -0.189. The first-order valence-corrected chi connectivity index (χ1v) is 5.55. The number of hydrogen-bond acceptors (Lipinski definition) is 5. The smallest absolute Gasteiger partial charge is 0.335 e. The van der Waals surface area contributed by atoms with Crippen molar-refractivity contribution in [3.63, 3.8) is 0 Å². The molecular weight excluding hydrogens is 224 g/mol. The third-order valence-corrected chi connectivity index (χ3v) is 1.45. The maximum absolute atomic E-state index is 11.3. The van der Waals surface area contributed by atoms with Gasteiger partial charge in [-0.2, -0.15) is 4.89 Å². The van der Waals surface area contributed by atoms with Crippen LogP contribution in [0.1, 0.15) is 34.6 Å². The molecule has 0 radical (unpaired) electrons. The van der Waals surface area contributed by atoms with Gasteiger partial charge in [0, 0.05) is 12.2 Å². The average Bonchev–Trinajstić information content (AvgIpc) is 2.20. The van der Waals surface area contributed by atoms with E-state index in [1.165, 1.54) is 0 Å². The molecule has 0 N–H and O–H groups in total. The van der Waals surface area contributed by atoms with Gasteiger partial charge in [0.25, 0.3) is 6.29 Å². The van der Waals surface area contributed by atoms with Crippen molar-refractivity contribution >= 4 is 5.97 Å². The zero-order valence-corrected chi connectivity index (χ0v) is 11.2. The molecule has 0 saturated carbocycles. The van der Waals surface area contributed by atoms with Gasteiger partial charge in [-0.3, -0.25) is 0 Å². The van der Waals surface area contributed by atoms with Crippen molar-refractivity contribution in [3.05, 3.63) is 12.2 Å². The lowest BCUT2D eigenvalue weighted by molar-refractivity contribution is -0.413. The molecule has 0 spiro atoms. The van der Waals surface area contributed by atoms with Crippen LogP contribution in [-0.2, 0) is 24.0 Å². The van der Waals surface area contributed by atoms with Crippen LogP contribution in [0.2, 0.25) is 0 Å². The number of ether oxygens (including phenoxy) is 2. The van der Waals surface area contributed by atoms with Crippen molar-refractivity contribution in [1.82, 2.24) is 0 Å². The Bertz CT molecular complexity index is 254. The van der Waals surface area contributed by atoms with E-state index in [0.717, 1.165) is 0 Å². The molecule has 0 aliphatic carbocycles. The summed E-state index contributed by atoms with van der Waals surface area (Å²) in [6.07, 6.45) is -0.890. The molecule has 0 heterocycles. The molecule has 0 aromatic carbocycles. The van der Waals surface area contributed by atoms with Gasteiger partial charge >= 0.3 is 5.97 Å². The van der Waals surface area contributed by atoms with E-state index in [4.69, 9.17) is 19.2 Å². The van der Waals surface area contributed by atoms with Crippen LogP contribution >= 0.6 is 0 Å². The summed E-state index contributed by atoms with van der Waals surface area (Å²) in [6, 6.07) is 0. The normalized spacial score (nSPS) is 13.2. The predicted octanol–water partition coefficient (Wildman–Crippen LogP) is 2.21. The van der Waals surface area contributed by atoms with Crippen LogP contribution in [0.25, 0.3) is 0 Å². The summed E-state index contributed by atoms with van der Waals surface area (Å²) < 4.78 is 10.1. The molecular formula is C12H22O5. The van der Waals surface area contributed by atoms with E-state index in [1.54, 1.807) is 6.92 Å². The lowest BCUT2D eigenvalue weighted by atomic mass is 10.2. The summed E-state index contributed by atoms with van der Waals surface area (Å²) in [6.45, 7) is 13.0. The molecule has 0 amide bonds. The van der Waals surface area contributed by atoms with Gasteiger partial charge in [-0.1, -0.05) is 6.58 Å². The molecule has 0 aliphatic heterocycles. The molecule has 0 rings (SSSR count). The Hall–Kier alpha value is -0.910. The molecule has 0 fully saturated rings. The van der Waals surface area contributed by atoms with Crippen LogP contribution < -0.4 is 0 Å². The monoisotopic (exact) mass is 246 g/mol. The Balaban J connectivity index is 4.23. The molecule has 1 atom stereocenters. The molecule has 0 saturated heterocycles. The fraction of sp³-hybridized carbons (Fsp3) is 0.750. The second kappa shape index (κ2) is 7.42. The minimum atomic E-state index is -0.890. The highest BCUT2D eigenvalue weighted by molar-refractivity contribution is 5.86. The number of rotatable bonds is 7. The van der Waals surface area contributed by atoms with Crippen molar-refractivity contribution < 1.29 is 24.0 Å². The zero-order chi connectivity index (χ0) is 13.5. The summed E-state index contributed by atoms with van der Waals surface area (Å²) in [7, 11) is 0. The molecule has 5 nitrogen and oxygen atoms in total. The highest BCUT2D eigenvalue weighted by atomic mass is 17.2. The van der Waals surface area contributed by atoms with E-state index in [0.29, 0.717) is 12.2 Å². The first-order valence-electron chi connectivity index (χ1n) is 5.55. The fourth-order valence-electron chi connectivity index (χ4n) is 0.713. The van der Waals surface area contributed by atoms with E-state index in [2.05, 4.69) is 6.58 Å². The Labute approximate surface area is 103 Å². The van der Waals surface area contributed by atoms with Gasteiger partial charge in [0.15, 0.2) is 0 Å². The second-order valence-corrected chi connectivity index (χ2v) is 4.57. The van der Waals surface area contributed by atoms with Crippen LogP contribution in [0, 0.1) is 0 Å². The van der Waals surface area contributed by atoms with Gasteiger partial charge < -0.3 is 9.47 Å². The predicted molar refractivity (Wildman–Crippen MR) is 63.1 cm³/mol. The third kappa shape index (κ3) is 8.85. The van der Waals surface area contributed by atoms with Crippen molar-refractivity contribution in [2.45, 2.75) is 46.5 Å². The van der Waals surface area contributed by atoms with Crippen molar-refractivity contribution in [1.29, 1.82) is 0 Å². The van der Waals surface area contributed by atoms with Gasteiger partial charge in [-0.05, 0) is 34.6 Å². The van der Waals surface area contributed by atoms with E-state index >= 15 is 0 Å². The SMILES string of the molecule is C=C(C)C(=O)OC(COCC)OOC(C)(C)C. The molecule has 0 aromatic rings. The first-order chi connectivity index (χ1) is 7.76. The summed E-state index contributed by atoms with van der Waals surface area (Å²) >= 11 is 0.